The molecule has 0 bridgehead atoms. The maximum absolute atomic E-state index is 13.1. The highest BCUT2D eigenvalue weighted by Crippen LogP contribution is 2.40. The van der Waals surface area contributed by atoms with Crippen LogP contribution in [-0.2, 0) is 10.0 Å². The van der Waals surface area contributed by atoms with E-state index in [1.807, 2.05) is 10.7 Å². The van der Waals surface area contributed by atoms with Crippen molar-refractivity contribution in [1.82, 2.24) is 9.78 Å². The van der Waals surface area contributed by atoms with Crippen molar-refractivity contribution < 1.29 is 13.2 Å². The second kappa shape index (κ2) is 8.55. The molecule has 0 aliphatic heterocycles. The van der Waals surface area contributed by atoms with Gasteiger partial charge in [-0.25, -0.2) is 13.1 Å². The first-order chi connectivity index (χ1) is 14.9. The van der Waals surface area contributed by atoms with Gasteiger partial charge in [-0.15, -0.1) is 0 Å². The molecule has 1 heterocycles. The third-order valence-electron chi connectivity index (χ3n) is 5.64. The molecule has 1 aliphatic carbocycles. The van der Waals surface area contributed by atoms with Crippen LogP contribution in [0.4, 0.5) is 11.5 Å². The summed E-state index contributed by atoms with van der Waals surface area (Å²) in [4.78, 5) is 12.9. The zero-order chi connectivity index (χ0) is 22.0. The Hall–Kier alpha value is -3.13. The molecule has 162 valence electrons. The second-order valence-electron chi connectivity index (χ2n) is 7.72. The van der Waals surface area contributed by atoms with Gasteiger partial charge in [-0.1, -0.05) is 18.2 Å². The van der Waals surface area contributed by atoms with Crippen LogP contribution in [0.15, 0.2) is 71.8 Å². The first-order valence-electron chi connectivity index (χ1n) is 10.4. The maximum Gasteiger partial charge on any atom is 0.264 e. The van der Waals surface area contributed by atoms with Crippen LogP contribution in [-0.4, -0.2) is 30.7 Å². The SMILES string of the molecule is CCN(c1ccccc1)S(=O)(=O)c1ccc(C(=O)Nc2ccnn2C(C)C2CC2)cc1. The Morgan fingerprint density at radius 3 is 2.42 bits per heavy atom. The zero-order valence-electron chi connectivity index (χ0n) is 17.6. The summed E-state index contributed by atoms with van der Waals surface area (Å²) in [5.74, 6) is 0.942. The molecule has 7 nitrogen and oxygen atoms in total. The summed E-state index contributed by atoms with van der Waals surface area (Å²) in [5.41, 5.74) is 0.985. The van der Waals surface area contributed by atoms with E-state index >= 15 is 0 Å². The van der Waals surface area contributed by atoms with Crippen LogP contribution >= 0.6 is 0 Å². The number of para-hydroxylation sites is 1. The number of aromatic nitrogens is 2. The van der Waals surface area contributed by atoms with E-state index in [-0.39, 0.29) is 16.8 Å². The van der Waals surface area contributed by atoms with E-state index in [2.05, 4.69) is 17.3 Å². The minimum Gasteiger partial charge on any atom is -0.307 e. The van der Waals surface area contributed by atoms with E-state index in [0.717, 1.165) is 0 Å². The normalized spacial score (nSPS) is 14.8. The van der Waals surface area contributed by atoms with Gasteiger partial charge < -0.3 is 5.32 Å². The highest BCUT2D eigenvalue weighted by atomic mass is 32.2. The molecule has 31 heavy (non-hydrogen) atoms. The van der Waals surface area contributed by atoms with E-state index in [9.17, 15) is 13.2 Å². The monoisotopic (exact) mass is 438 g/mol. The van der Waals surface area contributed by atoms with Crippen molar-refractivity contribution in [3.63, 3.8) is 0 Å². The summed E-state index contributed by atoms with van der Waals surface area (Å²) in [6.07, 6.45) is 4.04. The highest BCUT2D eigenvalue weighted by molar-refractivity contribution is 7.92. The van der Waals surface area contributed by atoms with Crippen LogP contribution in [0.5, 0.6) is 0 Å². The fourth-order valence-corrected chi connectivity index (χ4v) is 5.17. The number of rotatable bonds is 8. The van der Waals surface area contributed by atoms with Gasteiger partial charge in [0.25, 0.3) is 15.9 Å². The van der Waals surface area contributed by atoms with Gasteiger partial charge in [0, 0.05) is 18.2 Å². The molecule has 1 atom stereocenters. The van der Waals surface area contributed by atoms with Gasteiger partial charge in [0.05, 0.1) is 22.8 Å². The molecule has 0 saturated heterocycles. The van der Waals surface area contributed by atoms with Crippen molar-refractivity contribution in [1.29, 1.82) is 0 Å². The number of hydrogen-bond donors (Lipinski definition) is 1. The van der Waals surface area contributed by atoms with Crippen molar-refractivity contribution >= 4 is 27.4 Å². The molecule has 1 fully saturated rings. The average Bonchev–Trinajstić information content (AvgIpc) is 3.53. The number of nitrogens with one attached hydrogen (secondary N) is 1. The molecule has 0 spiro atoms. The molecule has 1 amide bonds. The second-order valence-corrected chi connectivity index (χ2v) is 9.59. The van der Waals surface area contributed by atoms with Gasteiger partial charge in [0.1, 0.15) is 5.82 Å². The fourth-order valence-electron chi connectivity index (χ4n) is 3.70. The lowest BCUT2D eigenvalue weighted by Gasteiger charge is -2.23. The number of hydrogen-bond acceptors (Lipinski definition) is 4. The van der Waals surface area contributed by atoms with Crippen molar-refractivity contribution in [2.45, 2.75) is 37.6 Å². The molecule has 0 radical (unpaired) electrons. The van der Waals surface area contributed by atoms with Crippen LogP contribution in [0.2, 0.25) is 0 Å². The number of sulfonamides is 1. The lowest BCUT2D eigenvalue weighted by Crippen LogP contribution is -2.30. The molecular weight excluding hydrogens is 412 g/mol. The number of carbonyl (C=O) groups is 1. The molecule has 3 aromatic rings. The van der Waals surface area contributed by atoms with E-state index in [4.69, 9.17) is 0 Å². The lowest BCUT2D eigenvalue weighted by atomic mass is 10.2. The molecule has 1 aromatic heterocycles. The maximum atomic E-state index is 13.1. The van der Waals surface area contributed by atoms with Crippen LogP contribution in [0.3, 0.4) is 0 Å². The standard InChI is InChI=1S/C23H26N4O3S/c1-3-26(20-7-5-4-6-8-20)31(29,30)21-13-11-19(12-14-21)23(28)25-22-15-16-24-27(22)17(2)18-9-10-18/h4-8,11-18H,3,9-10H2,1-2H3,(H,25,28). The third-order valence-corrected chi connectivity index (χ3v) is 7.55. The Bertz CT molecular complexity index is 1150. The summed E-state index contributed by atoms with van der Waals surface area (Å²) in [7, 11) is -3.73. The number of nitrogens with zero attached hydrogens (tertiary/aromatic N) is 3. The minimum atomic E-state index is -3.73. The topological polar surface area (TPSA) is 84.3 Å². The number of carbonyl (C=O) groups excluding carboxylic acids is 1. The van der Waals surface area contributed by atoms with Gasteiger partial charge in [-0.2, -0.15) is 5.10 Å². The van der Waals surface area contributed by atoms with Gasteiger partial charge in [-0.05, 0) is 69.0 Å². The highest BCUT2D eigenvalue weighted by Gasteiger charge is 2.31. The number of benzene rings is 2. The van der Waals surface area contributed by atoms with Gasteiger partial charge in [0.15, 0.2) is 0 Å². The molecule has 1 saturated carbocycles. The van der Waals surface area contributed by atoms with E-state index in [1.54, 1.807) is 43.5 Å². The predicted molar refractivity (Wildman–Crippen MR) is 121 cm³/mol. The Morgan fingerprint density at radius 1 is 1.13 bits per heavy atom. The molecule has 4 rings (SSSR count). The third kappa shape index (κ3) is 4.34. The Balaban J connectivity index is 1.51. The van der Waals surface area contributed by atoms with Gasteiger partial charge in [0.2, 0.25) is 0 Å². The smallest absolute Gasteiger partial charge is 0.264 e. The molecule has 1 aliphatic rings. The Kier molecular flexibility index (Phi) is 5.82. The fraction of sp³-hybridized carbons (Fsp3) is 0.304. The van der Waals surface area contributed by atoms with E-state index in [0.29, 0.717) is 29.5 Å². The Labute approximate surface area is 182 Å². The van der Waals surface area contributed by atoms with Crippen LogP contribution < -0.4 is 9.62 Å². The first-order valence-corrected chi connectivity index (χ1v) is 11.9. The van der Waals surface area contributed by atoms with Crippen molar-refractivity contribution in [3.05, 3.63) is 72.4 Å². The summed E-state index contributed by atoms with van der Waals surface area (Å²) >= 11 is 0. The summed E-state index contributed by atoms with van der Waals surface area (Å²) < 4.78 is 29.4. The molecule has 1 N–H and O–H groups in total. The van der Waals surface area contributed by atoms with E-state index in [1.165, 1.54) is 41.4 Å². The van der Waals surface area contributed by atoms with E-state index < -0.39 is 10.0 Å². The number of anilines is 2. The molecular formula is C23H26N4O3S. The van der Waals surface area contributed by atoms with Crippen molar-refractivity contribution in [2.24, 2.45) is 5.92 Å². The van der Waals surface area contributed by atoms with Crippen LogP contribution in [0.1, 0.15) is 43.1 Å². The molecule has 8 heteroatoms. The predicted octanol–water partition coefficient (Wildman–Crippen LogP) is 4.32. The number of amides is 1. The minimum absolute atomic E-state index is 0.141. The van der Waals surface area contributed by atoms with Crippen molar-refractivity contribution in [2.75, 3.05) is 16.2 Å². The molecule has 2 aromatic carbocycles. The molecule has 1 unspecified atom stereocenters. The van der Waals surface area contributed by atoms with Gasteiger partial charge in [-0.3, -0.25) is 9.10 Å². The van der Waals surface area contributed by atoms with Crippen molar-refractivity contribution in [3.8, 4) is 0 Å². The zero-order valence-corrected chi connectivity index (χ0v) is 18.4. The van der Waals surface area contributed by atoms with Crippen LogP contribution in [0.25, 0.3) is 0 Å². The lowest BCUT2D eigenvalue weighted by molar-refractivity contribution is 0.102. The van der Waals surface area contributed by atoms with Gasteiger partial charge >= 0.3 is 0 Å². The summed E-state index contributed by atoms with van der Waals surface area (Å²) in [6, 6.07) is 17.0. The Morgan fingerprint density at radius 2 is 1.81 bits per heavy atom. The summed E-state index contributed by atoms with van der Waals surface area (Å²) in [5, 5.41) is 7.24. The summed E-state index contributed by atoms with van der Waals surface area (Å²) in [6.45, 7) is 4.20. The first kappa shape index (κ1) is 21.1. The quantitative estimate of drug-likeness (QED) is 0.568. The largest absolute Gasteiger partial charge is 0.307 e. The van der Waals surface area contributed by atoms with Crippen LogP contribution in [0, 0.1) is 5.92 Å². The average molecular weight is 439 g/mol.